The number of carbonyl (C=O) groups excluding carboxylic acids is 1. The van der Waals surface area contributed by atoms with Crippen molar-refractivity contribution in [3.05, 3.63) is 65.5 Å². The number of aromatic nitrogens is 2. The third-order valence-electron chi connectivity index (χ3n) is 8.33. The molecule has 1 aromatic heterocycles. The molecule has 0 spiro atoms. The summed E-state index contributed by atoms with van der Waals surface area (Å²) in [5.74, 6) is 0.696. The average molecular weight is 541 g/mol. The molecule has 0 saturated carbocycles. The molecule has 3 aromatic rings. The van der Waals surface area contributed by atoms with Gasteiger partial charge in [-0.25, -0.2) is 9.97 Å². The van der Waals surface area contributed by atoms with Crippen molar-refractivity contribution in [2.24, 2.45) is 0 Å². The molecule has 0 bridgehead atoms. The van der Waals surface area contributed by atoms with E-state index in [1.54, 1.807) is 0 Å². The molecule has 2 saturated heterocycles. The zero-order valence-electron chi connectivity index (χ0n) is 23.7. The first kappa shape index (κ1) is 26.5. The number of nitrogens with one attached hydrogen (secondary N) is 2. The normalized spacial score (nSPS) is 18.1. The molecule has 3 aliphatic rings. The Kier molecular flexibility index (Phi) is 7.84. The number of benzene rings is 2. The molecule has 0 aliphatic carbocycles. The van der Waals surface area contributed by atoms with Crippen molar-refractivity contribution in [3.8, 4) is 0 Å². The second-order valence-corrected chi connectivity index (χ2v) is 11.3. The van der Waals surface area contributed by atoms with Crippen LogP contribution in [0.2, 0.25) is 0 Å². The number of amides is 1. The summed E-state index contributed by atoms with van der Waals surface area (Å²) >= 11 is 0. The SMILES string of the molecule is Cc1ccc(NC(=O)CN2CCCC2)cc1N1CCc2nc(Nc3ccc(N4CCN(C)CC4)cc3)ncc2C1. The standard InChI is InChI=1S/C31H40N8O/c1-23-5-6-26(33-30(40)22-37-12-3-4-13-37)19-29(23)39-14-11-28-24(21-39)20-32-31(35-28)34-25-7-9-27(10-8-25)38-17-15-36(2)16-18-38/h5-10,19-20H,3-4,11-18,21-22H2,1-2H3,(H,33,40)(H,32,34,35). The summed E-state index contributed by atoms with van der Waals surface area (Å²) < 4.78 is 0. The lowest BCUT2D eigenvalue weighted by Gasteiger charge is -2.34. The number of piperazine rings is 1. The number of aryl methyl sites for hydroxylation is 1. The number of anilines is 5. The number of hydrogen-bond donors (Lipinski definition) is 2. The maximum absolute atomic E-state index is 12.6. The summed E-state index contributed by atoms with van der Waals surface area (Å²) in [7, 11) is 2.18. The fraction of sp³-hybridized carbons (Fsp3) is 0.452. The van der Waals surface area contributed by atoms with Gasteiger partial charge in [-0.15, -0.1) is 0 Å². The highest BCUT2D eigenvalue weighted by molar-refractivity contribution is 5.93. The number of hydrogen-bond acceptors (Lipinski definition) is 8. The van der Waals surface area contributed by atoms with Crippen molar-refractivity contribution in [2.45, 2.75) is 32.7 Å². The van der Waals surface area contributed by atoms with E-state index in [0.717, 1.165) is 87.1 Å². The van der Waals surface area contributed by atoms with Crippen LogP contribution in [0, 0.1) is 6.92 Å². The van der Waals surface area contributed by atoms with Gasteiger partial charge in [0.25, 0.3) is 0 Å². The Labute approximate surface area is 237 Å². The van der Waals surface area contributed by atoms with Crippen LogP contribution >= 0.6 is 0 Å². The van der Waals surface area contributed by atoms with Gasteiger partial charge in [-0.3, -0.25) is 9.69 Å². The number of nitrogens with zero attached hydrogens (tertiary/aromatic N) is 6. The number of likely N-dealkylation sites (N-methyl/N-ethyl adjacent to an activating group) is 1. The van der Waals surface area contributed by atoms with Crippen molar-refractivity contribution in [1.82, 2.24) is 19.8 Å². The number of rotatable bonds is 7. The molecule has 9 nitrogen and oxygen atoms in total. The molecule has 210 valence electrons. The van der Waals surface area contributed by atoms with Crippen LogP contribution in [0.1, 0.15) is 29.7 Å². The van der Waals surface area contributed by atoms with Crippen LogP contribution < -0.4 is 20.4 Å². The number of likely N-dealkylation sites (tertiary alicyclic amines) is 1. The van der Waals surface area contributed by atoms with Crippen molar-refractivity contribution >= 4 is 34.6 Å². The zero-order chi connectivity index (χ0) is 27.5. The van der Waals surface area contributed by atoms with Crippen LogP contribution in [-0.2, 0) is 17.8 Å². The maximum atomic E-state index is 12.6. The van der Waals surface area contributed by atoms with Gasteiger partial charge in [-0.2, -0.15) is 0 Å². The summed E-state index contributed by atoms with van der Waals surface area (Å²) in [4.78, 5) is 31.5. The van der Waals surface area contributed by atoms with Crippen LogP contribution in [0.15, 0.2) is 48.7 Å². The smallest absolute Gasteiger partial charge is 0.238 e. The summed E-state index contributed by atoms with van der Waals surface area (Å²) in [5, 5.41) is 6.49. The van der Waals surface area contributed by atoms with Crippen molar-refractivity contribution in [2.75, 3.05) is 79.8 Å². The van der Waals surface area contributed by atoms with Crippen molar-refractivity contribution in [3.63, 3.8) is 0 Å². The Morgan fingerprint density at radius 2 is 1.65 bits per heavy atom. The average Bonchev–Trinajstić information content (AvgIpc) is 3.48. The summed E-state index contributed by atoms with van der Waals surface area (Å²) in [6.07, 6.45) is 5.17. The molecule has 2 aromatic carbocycles. The van der Waals surface area contributed by atoms with Crippen LogP contribution in [0.25, 0.3) is 0 Å². The van der Waals surface area contributed by atoms with Gasteiger partial charge in [0.2, 0.25) is 11.9 Å². The summed E-state index contributed by atoms with van der Waals surface area (Å²) in [5.41, 5.74) is 7.68. The van der Waals surface area contributed by atoms with E-state index in [1.165, 1.54) is 24.1 Å². The molecule has 4 heterocycles. The van der Waals surface area contributed by atoms with Gasteiger partial charge >= 0.3 is 0 Å². The molecular weight excluding hydrogens is 500 g/mol. The highest BCUT2D eigenvalue weighted by Crippen LogP contribution is 2.30. The molecule has 0 atom stereocenters. The first-order chi connectivity index (χ1) is 19.5. The Morgan fingerprint density at radius 1 is 0.900 bits per heavy atom. The zero-order valence-corrected chi connectivity index (χ0v) is 23.7. The monoisotopic (exact) mass is 540 g/mol. The van der Waals surface area contributed by atoms with E-state index < -0.39 is 0 Å². The van der Waals surface area contributed by atoms with Gasteiger partial charge in [0, 0.05) is 80.2 Å². The fourth-order valence-electron chi connectivity index (χ4n) is 5.90. The lowest BCUT2D eigenvalue weighted by molar-refractivity contribution is -0.117. The van der Waals surface area contributed by atoms with Gasteiger partial charge in [0.1, 0.15) is 0 Å². The fourth-order valence-corrected chi connectivity index (χ4v) is 5.90. The van der Waals surface area contributed by atoms with Crippen molar-refractivity contribution < 1.29 is 4.79 Å². The maximum Gasteiger partial charge on any atom is 0.238 e. The van der Waals surface area contributed by atoms with Crippen LogP contribution in [0.3, 0.4) is 0 Å². The number of carbonyl (C=O) groups is 1. The Morgan fingerprint density at radius 3 is 2.42 bits per heavy atom. The van der Waals surface area contributed by atoms with E-state index in [1.807, 2.05) is 12.3 Å². The van der Waals surface area contributed by atoms with Crippen LogP contribution in [-0.4, -0.2) is 85.1 Å². The minimum atomic E-state index is 0.0584. The van der Waals surface area contributed by atoms with E-state index in [9.17, 15) is 4.79 Å². The third-order valence-corrected chi connectivity index (χ3v) is 8.33. The molecular formula is C31H40N8O. The van der Waals surface area contributed by atoms with E-state index in [4.69, 9.17) is 4.98 Å². The van der Waals surface area contributed by atoms with Gasteiger partial charge in [-0.05, 0) is 81.9 Å². The second kappa shape index (κ2) is 11.8. The van der Waals surface area contributed by atoms with E-state index in [2.05, 4.69) is 85.6 Å². The molecule has 2 fully saturated rings. The predicted molar refractivity (Wildman–Crippen MR) is 162 cm³/mol. The van der Waals surface area contributed by atoms with Gasteiger partial charge in [-0.1, -0.05) is 6.07 Å². The highest BCUT2D eigenvalue weighted by atomic mass is 16.2. The molecule has 0 unspecified atom stereocenters. The molecule has 9 heteroatoms. The Bertz CT molecular complexity index is 1330. The second-order valence-electron chi connectivity index (χ2n) is 11.3. The molecule has 2 N–H and O–H groups in total. The summed E-state index contributed by atoms with van der Waals surface area (Å²) in [6, 6.07) is 14.8. The summed E-state index contributed by atoms with van der Waals surface area (Å²) in [6.45, 7) is 10.6. The van der Waals surface area contributed by atoms with Gasteiger partial charge in [0.05, 0.1) is 12.2 Å². The Hall–Kier alpha value is -3.69. The largest absolute Gasteiger partial charge is 0.369 e. The lowest BCUT2D eigenvalue weighted by atomic mass is 10.0. The van der Waals surface area contributed by atoms with Gasteiger partial charge in [0.15, 0.2) is 0 Å². The molecule has 3 aliphatic heterocycles. The van der Waals surface area contributed by atoms with Gasteiger partial charge < -0.3 is 25.3 Å². The van der Waals surface area contributed by atoms with Crippen LogP contribution in [0.4, 0.5) is 28.7 Å². The predicted octanol–water partition coefficient (Wildman–Crippen LogP) is 3.88. The third kappa shape index (κ3) is 6.21. The molecule has 6 rings (SSSR count). The lowest BCUT2D eigenvalue weighted by Crippen LogP contribution is -2.44. The minimum absolute atomic E-state index is 0.0584. The van der Waals surface area contributed by atoms with E-state index in [-0.39, 0.29) is 5.91 Å². The molecule has 0 radical (unpaired) electrons. The quantitative estimate of drug-likeness (QED) is 0.468. The number of fused-ring (bicyclic) bond motifs is 1. The van der Waals surface area contributed by atoms with E-state index >= 15 is 0 Å². The van der Waals surface area contributed by atoms with Crippen molar-refractivity contribution in [1.29, 1.82) is 0 Å². The topological polar surface area (TPSA) is 79.9 Å². The molecule has 1 amide bonds. The van der Waals surface area contributed by atoms with Crippen LogP contribution in [0.5, 0.6) is 0 Å². The molecule has 40 heavy (non-hydrogen) atoms. The minimum Gasteiger partial charge on any atom is -0.369 e. The highest BCUT2D eigenvalue weighted by Gasteiger charge is 2.21. The van der Waals surface area contributed by atoms with E-state index in [0.29, 0.717) is 12.5 Å². The first-order valence-corrected chi connectivity index (χ1v) is 14.5. The Balaban J connectivity index is 1.08. The first-order valence-electron chi connectivity index (χ1n) is 14.5.